The largest absolute Gasteiger partial charge is 0.461 e. The second-order valence-electron chi connectivity index (χ2n) is 5.75. The second kappa shape index (κ2) is 6.40. The molecule has 118 valence electrons. The Kier molecular flexibility index (Phi) is 4.34. The lowest BCUT2D eigenvalue weighted by Crippen LogP contribution is -2.47. The minimum absolute atomic E-state index is 0.211. The Balaban J connectivity index is 1.66. The summed E-state index contributed by atoms with van der Waals surface area (Å²) in [6, 6.07) is 8.12. The van der Waals surface area contributed by atoms with Gasteiger partial charge in [0.2, 0.25) is 0 Å². The van der Waals surface area contributed by atoms with Crippen molar-refractivity contribution >= 4 is 16.9 Å². The summed E-state index contributed by atoms with van der Waals surface area (Å²) in [5.74, 6) is 1.58. The Morgan fingerprint density at radius 2 is 2.23 bits per heavy atom. The highest BCUT2D eigenvalue weighted by Gasteiger charge is 2.18. The molecule has 0 radical (unpaired) electrons. The molecule has 2 aromatic rings. The fraction of sp³-hybridized carbons (Fsp3) is 0.471. The van der Waals surface area contributed by atoms with Gasteiger partial charge in [0.05, 0.1) is 12.7 Å². The number of nitrogens with zero attached hydrogens (tertiary/aromatic N) is 2. The molecule has 5 heteroatoms. The van der Waals surface area contributed by atoms with Crippen LogP contribution in [0.2, 0.25) is 0 Å². The number of rotatable bonds is 3. The minimum Gasteiger partial charge on any atom is -0.461 e. The molecule has 0 saturated carbocycles. The van der Waals surface area contributed by atoms with Crippen LogP contribution in [-0.2, 0) is 11.2 Å². The van der Waals surface area contributed by atoms with Gasteiger partial charge in [-0.2, -0.15) is 0 Å². The lowest BCUT2D eigenvalue weighted by Gasteiger charge is -2.31. The zero-order chi connectivity index (χ0) is 15.5. The number of morpholine rings is 1. The molecule has 1 aromatic carbocycles. The van der Waals surface area contributed by atoms with E-state index in [1.165, 1.54) is 10.9 Å². The Hall–Kier alpha value is -2.01. The van der Waals surface area contributed by atoms with Crippen LogP contribution < -0.4 is 5.73 Å². The van der Waals surface area contributed by atoms with Crippen molar-refractivity contribution < 1.29 is 9.15 Å². The summed E-state index contributed by atoms with van der Waals surface area (Å²) in [6.07, 6.45) is 1.05. The standard InChI is InChI=1S/C17H23N3O2/c1-12-11-20(9-10-21-12)17(18)19-8-7-14-13(2)22-16-6-4-3-5-15(14)16/h3-6,12H,7-11H2,1-2H3,(H2,18,19). The van der Waals surface area contributed by atoms with Crippen LogP contribution in [0.5, 0.6) is 0 Å². The normalized spacial score (nSPS) is 19.8. The summed E-state index contributed by atoms with van der Waals surface area (Å²) >= 11 is 0. The number of furan rings is 1. The second-order valence-corrected chi connectivity index (χ2v) is 5.75. The maximum absolute atomic E-state index is 6.10. The summed E-state index contributed by atoms with van der Waals surface area (Å²) in [6.45, 7) is 7.06. The molecule has 5 nitrogen and oxygen atoms in total. The average molecular weight is 301 g/mol. The molecule has 1 fully saturated rings. The van der Waals surface area contributed by atoms with Crippen molar-refractivity contribution in [1.29, 1.82) is 0 Å². The number of guanidine groups is 1. The molecule has 1 saturated heterocycles. The number of fused-ring (bicyclic) bond motifs is 1. The van der Waals surface area contributed by atoms with E-state index in [0.29, 0.717) is 19.1 Å². The summed E-state index contributed by atoms with van der Waals surface area (Å²) in [5.41, 5.74) is 8.26. The van der Waals surface area contributed by atoms with Crippen molar-refractivity contribution in [3.63, 3.8) is 0 Å². The van der Waals surface area contributed by atoms with Gasteiger partial charge >= 0.3 is 0 Å². The zero-order valence-corrected chi connectivity index (χ0v) is 13.2. The first-order valence-corrected chi connectivity index (χ1v) is 7.78. The number of hydrogen-bond acceptors (Lipinski definition) is 3. The first-order chi connectivity index (χ1) is 10.6. The number of ether oxygens (including phenoxy) is 1. The van der Waals surface area contributed by atoms with Crippen molar-refractivity contribution in [2.45, 2.75) is 26.4 Å². The third-order valence-corrected chi connectivity index (χ3v) is 4.10. The molecule has 0 amide bonds. The minimum atomic E-state index is 0.211. The van der Waals surface area contributed by atoms with Crippen LogP contribution in [-0.4, -0.2) is 43.2 Å². The number of hydrogen-bond donors (Lipinski definition) is 1. The monoisotopic (exact) mass is 301 g/mol. The smallest absolute Gasteiger partial charge is 0.191 e. The van der Waals surface area contributed by atoms with E-state index in [0.717, 1.165) is 30.9 Å². The molecule has 1 aliphatic rings. The highest BCUT2D eigenvalue weighted by molar-refractivity contribution is 5.82. The molecule has 2 heterocycles. The van der Waals surface area contributed by atoms with Crippen LogP contribution in [0.1, 0.15) is 18.2 Å². The molecule has 1 unspecified atom stereocenters. The Morgan fingerprint density at radius 1 is 1.41 bits per heavy atom. The zero-order valence-electron chi connectivity index (χ0n) is 13.2. The van der Waals surface area contributed by atoms with Crippen LogP contribution >= 0.6 is 0 Å². The van der Waals surface area contributed by atoms with Gasteiger partial charge in [0, 0.05) is 30.6 Å². The fourth-order valence-corrected chi connectivity index (χ4v) is 2.94. The van der Waals surface area contributed by atoms with E-state index in [9.17, 15) is 0 Å². The van der Waals surface area contributed by atoms with E-state index >= 15 is 0 Å². The van der Waals surface area contributed by atoms with Gasteiger partial charge < -0.3 is 19.8 Å². The summed E-state index contributed by atoms with van der Waals surface area (Å²) in [4.78, 5) is 6.62. The first kappa shape index (κ1) is 14.9. The van der Waals surface area contributed by atoms with E-state index in [1.807, 2.05) is 25.1 Å². The predicted octanol–water partition coefficient (Wildman–Crippen LogP) is 2.32. The number of aliphatic imine (C=N–C) groups is 1. The molecule has 22 heavy (non-hydrogen) atoms. The van der Waals surface area contributed by atoms with E-state index in [-0.39, 0.29) is 6.10 Å². The third-order valence-electron chi connectivity index (χ3n) is 4.10. The molecule has 0 bridgehead atoms. The van der Waals surface area contributed by atoms with Crippen molar-refractivity contribution in [2.75, 3.05) is 26.2 Å². The van der Waals surface area contributed by atoms with Gasteiger partial charge in [0.25, 0.3) is 0 Å². The van der Waals surface area contributed by atoms with E-state index in [1.54, 1.807) is 0 Å². The molecule has 1 aromatic heterocycles. The number of aryl methyl sites for hydroxylation is 1. The van der Waals surface area contributed by atoms with Gasteiger partial charge in [-0.3, -0.25) is 4.99 Å². The maximum Gasteiger partial charge on any atom is 0.191 e. The van der Waals surface area contributed by atoms with Gasteiger partial charge in [0.15, 0.2) is 5.96 Å². The lowest BCUT2D eigenvalue weighted by molar-refractivity contribution is 0.00530. The average Bonchev–Trinajstić information content (AvgIpc) is 2.83. The first-order valence-electron chi connectivity index (χ1n) is 7.78. The third kappa shape index (κ3) is 3.09. The number of para-hydroxylation sites is 1. The summed E-state index contributed by atoms with van der Waals surface area (Å²) < 4.78 is 11.3. The lowest BCUT2D eigenvalue weighted by atomic mass is 10.1. The molecule has 2 N–H and O–H groups in total. The van der Waals surface area contributed by atoms with Crippen molar-refractivity contribution in [1.82, 2.24) is 4.90 Å². The molecule has 1 aliphatic heterocycles. The summed E-state index contributed by atoms with van der Waals surface area (Å²) in [7, 11) is 0. The van der Waals surface area contributed by atoms with Crippen molar-refractivity contribution in [2.24, 2.45) is 10.7 Å². The topological polar surface area (TPSA) is 64.0 Å². The SMILES string of the molecule is Cc1oc2ccccc2c1CCN=C(N)N1CCOC(C)C1. The van der Waals surface area contributed by atoms with Crippen LogP contribution in [0.4, 0.5) is 0 Å². The van der Waals surface area contributed by atoms with Crippen LogP contribution in [0.3, 0.4) is 0 Å². The quantitative estimate of drug-likeness (QED) is 0.698. The molecule has 0 spiro atoms. The van der Waals surface area contributed by atoms with E-state index in [2.05, 4.69) is 22.9 Å². The highest BCUT2D eigenvalue weighted by atomic mass is 16.5. The van der Waals surface area contributed by atoms with Crippen LogP contribution in [0.25, 0.3) is 11.0 Å². The van der Waals surface area contributed by atoms with E-state index < -0.39 is 0 Å². The van der Waals surface area contributed by atoms with Gasteiger partial charge in [-0.1, -0.05) is 18.2 Å². The Labute approximate surface area is 130 Å². The van der Waals surface area contributed by atoms with Crippen LogP contribution in [0.15, 0.2) is 33.7 Å². The molecule has 0 aliphatic carbocycles. The molecular formula is C17H23N3O2. The maximum atomic E-state index is 6.10. The highest BCUT2D eigenvalue weighted by Crippen LogP contribution is 2.25. The summed E-state index contributed by atoms with van der Waals surface area (Å²) in [5, 5.41) is 1.17. The van der Waals surface area contributed by atoms with Gasteiger partial charge in [-0.05, 0) is 26.3 Å². The predicted molar refractivity (Wildman–Crippen MR) is 88.1 cm³/mol. The molecule has 1 atom stereocenters. The Morgan fingerprint density at radius 3 is 3.05 bits per heavy atom. The molecule has 3 rings (SSSR count). The number of nitrogens with two attached hydrogens (primary N) is 1. The van der Waals surface area contributed by atoms with Gasteiger partial charge in [-0.25, -0.2) is 0 Å². The van der Waals surface area contributed by atoms with Crippen molar-refractivity contribution in [3.8, 4) is 0 Å². The van der Waals surface area contributed by atoms with Crippen molar-refractivity contribution in [3.05, 3.63) is 35.6 Å². The van der Waals surface area contributed by atoms with Gasteiger partial charge in [0.1, 0.15) is 11.3 Å². The fourth-order valence-electron chi connectivity index (χ4n) is 2.94. The van der Waals surface area contributed by atoms with Gasteiger partial charge in [-0.15, -0.1) is 0 Å². The molecular weight excluding hydrogens is 278 g/mol. The van der Waals surface area contributed by atoms with E-state index in [4.69, 9.17) is 14.9 Å². The Bertz CT molecular complexity index is 678. The van der Waals surface area contributed by atoms with Crippen LogP contribution in [0, 0.1) is 6.92 Å². The number of benzene rings is 1.